The van der Waals surface area contributed by atoms with Crippen LogP contribution in [-0.2, 0) is 0 Å². The highest BCUT2D eigenvalue weighted by Crippen LogP contribution is 2.27. The number of para-hydroxylation sites is 1. The molecule has 1 unspecified atom stereocenters. The van der Waals surface area contributed by atoms with Gasteiger partial charge in [-0.1, -0.05) is 48.5 Å². The molecular weight excluding hydrogens is 200 g/mol. The summed E-state index contributed by atoms with van der Waals surface area (Å²) in [6.07, 6.45) is -0.659. The number of nitrogens with one attached hydrogen (secondary N) is 1. The predicted octanol–water partition coefficient (Wildman–Crippen LogP) is 2.05. The molecule has 0 spiro atoms. The molecule has 0 heterocycles. The monoisotopic (exact) mass is 214 g/mol. The first-order valence-corrected chi connectivity index (χ1v) is 5.11. The van der Waals surface area contributed by atoms with E-state index in [0.29, 0.717) is 0 Å². The van der Waals surface area contributed by atoms with Crippen LogP contribution in [0.2, 0.25) is 0 Å². The van der Waals surface area contributed by atoms with Gasteiger partial charge in [-0.3, -0.25) is 5.84 Å². The third-order valence-corrected chi connectivity index (χ3v) is 2.53. The van der Waals surface area contributed by atoms with Crippen LogP contribution in [0.4, 0.5) is 5.69 Å². The fraction of sp³-hybridized carbons (Fsp3) is 0.0769. The number of hydrogen-bond donors (Lipinski definition) is 3. The molecule has 4 N–H and O–H groups in total. The van der Waals surface area contributed by atoms with E-state index in [4.69, 9.17) is 5.84 Å². The van der Waals surface area contributed by atoms with Crippen LogP contribution in [0.25, 0.3) is 0 Å². The summed E-state index contributed by atoms with van der Waals surface area (Å²) in [4.78, 5) is 0. The molecule has 0 aliphatic carbocycles. The van der Waals surface area contributed by atoms with Crippen LogP contribution in [-0.4, -0.2) is 5.11 Å². The van der Waals surface area contributed by atoms with Gasteiger partial charge in [0, 0.05) is 5.56 Å². The number of nitrogen functional groups attached to an aromatic ring is 1. The van der Waals surface area contributed by atoms with Crippen LogP contribution in [0.1, 0.15) is 17.2 Å². The Morgan fingerprint density at radius 2 is 1.56 bits per heavy atom. The zero-order chi connectivity index (χ0) is 11.4. The van der Waals surface area contributed by atoms with Gasteiger partial charge in [0.05, 0.1) is 5.69 Å². The van der Waals surface area contributed by atoms with Crippen LogP contribution in [0.15, 0.2) is 54.6 Å². The first kappa shape index (κ1) is 10.7. The van der Waals surface area contributed by atoms with Gasteiger partial charge in [0.1, 0.15) is 6.10 Å². The third-order valence-electron chi connectivity index (χ3n) is 2.53. The Kier molecular flexibility index (Phi) is 3.19. The van der Waals surface area contributed by atoms with E-state index < -0.39 is 6.10 Å². The number of aliphatic hydroxyl groups excluding tert-OH is 1. The van der Waals surface area contributed by atoms with Crippen LogP contribution < -0.4 is 11.3 Å². The van der Waals surface area contributed by atoms with E-state index in [-0.39, 0.29) is 0 Å². The summed E-state index contributed by atoms with van der Waals surface area (Å²) in [7, 11) is 0. The van der Waals surface area contributed by atoms with E-state index in [1.807, 2.05) is 54.6 Å². The molecule has 0 saturated carbocycles. The summed E-state index contributed by atoms with van der Waals surface area (Å²) in [6, 6.07) is 16.9. The highest BCUT2D eigenvalue weighted by Gasteiger charge is 2.12. The van der Waals surface area contributed by atoms with Crippen molar-refractivity contribution < 1.29 is 5.11 Å². The highest BCUT2D eigenvalue weighted by molar-refractivity contribution is 5.53. The van der Waals surface area contributed by atoms with Crippen molar-refractivity contribution >= 4 is 5.69 Å². The van der Waals surface area contributed by atoms with E-state index in [1.54, 1.807) is 0 Å². The van der Waals surface area contributed by atoms with Gasteiger partial charge in [0.2, 0.25) is 0 Å². The number of hydrazine groups is 1. The van der Waals surface area contributed by atoms with Crippen molar-refractivity contribution in [1.82, 2.24) is 0 Å². The molecule has 0 aliphatic rings. The van der Waals surface area contributed by atoms with Gasteiger partial charge in [-0.2, -0.15) is 0 Å². The number of anilines is 1. The zero-order valence-electron chi connectivity index (χ0n) is 8.80. The van der Waals surface area contributed by atoms with Crippen LogP contribution in [0.5, 0.6) is 0 Å². The van der Waals surface area contributed by atoms with Crippen LogP contribution in [0, 0.1) is 0 Å². The first-order valence-electron chi connectivity index (χ1n) is 5.11. The minimum absolute atomic E-state index is 0.659. The molecule has 3 heteroatoms. The smallest absolute Gasteiger partial charge is 0.106 e. The summed E-state index contributed by atoms with van der Waals surface area (Å²) in [5.41, 5.74) is 4.95. The Labute approximate surface area is 94.5 Å². The minimum Gasteiger partial charge on any atom is -0.384 e. The first-order chi connectivity index (χ1) is 7.83. The second-order valence-electron chi connectivity index (χ2n) is 3.54. The standard InChI is InChI=1S/C13H14N2O/c14-15-12-9-5-4-8-11(12)13(16)10-6-2-1-3-7-10/h1-9,13,15-16H,14H2. The van der Waals surface area contributed by atoms with Crippen molar-refractivity contribution in [3.8, 4) is 0 Å². The maximum atomic E-state index is 10.2. The maximum Gasteiger partial charge on any atom is 0.106 e. The molecule has 2 aromatic rings. The molecule has 0 amide bonds. The summed E-state index contributed by atoms with van der Waals surface area (Å²) in [5, 5.41) is 10.2. The van der Waals surface area contributed by atoms with Crippen molar-refractivity contribution in [2.45, 2.75) is 6.10 Å². The van der Waals surface area contributed by atoms with Gasteiger partial charge < -0.3 is 10.5 Å². The summed E-state index contributed by atoms with van der Waals surface area (Å²) >= 11 is 0. The van der Waals surface area contributed by atoms with E-state index in [0.717, 1.165) is 16.8 Å². The second-order valence-corrected chi connectivity index (χ2v) is 3.54. The molecular formula is C13H14N2O. The van der Waals surface area contributed by atoms with E-state index >= 15 is 0 Å². The second kappa shape index (κ2) is 4.79. The van der Waals surface area contributed by atoms with Gasteiger partial charge in [-0.25, -0.2) is 0 Å². The molecule has 0 aliphatic heterocycles. The average Bonchev–Trinajstić information content (AvgIpc) is 2.39. The summed E-state index contributed by atoms with van der Waals surface area (Å²) in [5.74, 6) is 5.41. The summed E-state index contributed by atoms with van der Waals surface area (Å²) in [6.45, 7) is 0. The molecule has 0 aromatic heterocycles. The minimum atomic E-state index is -0.659. The topological polar surface area (TPSA) is 58.3 Å². The number of nitrogens with two attached hydrogens (primary N) is 1. The Bertz CT molecular complexity index is 456. The van der Waals surface area contributed by atoms with Gasteiger partial charge in [-0.05, 0) is 11.6 Å². The van der Waals surface area contributed by atoms with Crippen molar-refractivity contribution in [3.63, 3.8) is 0 Å². The highest BCUT2D eigenvalue weighted by atomic mass is 16.3. The predicted molar refractivity (Wildman–Crippen MR) is 64.8 cm³/mol. The summed E-state index contributed by atoms with van der Waals surface area (Å²) < 4.78 is 0. The normalized spacial score (nSPS) is 12.1. The van der Waals surface area contributed by atoms with E-state index in [2.05, 4.69) is 5.43 Å². The van der Waals surface area contributed by atoms with Crippen molar-refractivity contribution in [1.29, 1.82) is 0 Å². The van der Waals surface area contributed by atoms with Gasteiger partial charge in [0.25, 0.3) is 0 Å². The molecule has 0 fully saturated rings. The lowest BCUT2D eigenvalue weighted by Crippen LogP contribution is -2.11. The Hall–Kier alpha value is -1.84. The number of benzene rings is 2. The van der Waals surface area contributed by atoms with Gasteiger partial charge in [-0.15, -0.1) is 0 Å². The number of aliphatic hydroxyl groups is 1. The number of rotatable bonds is 3. The largest absolute Gasteiger partial charge is 0.384 e. The maximum absolute atomic E-state index is 10.2. The van der Waals surface area contributed by atoms with E-state index in [9.17, 15) is 5.11 Å². The fourth-order valence-corrected chi connectivity index (χ4v) is 1.68. The molecule has 0 radical (unpaired) electrons. The molecule has 82 valence electrons. The van der Waals surface area contributed by atoms with Crippen LogP contribution >= 0.6 is 0 Å². The Balaban J connectivity index is 2.37. The lowest BCUT2D eigenvalue weighted by atomic mass is 10.0. The van der Waals surface area contributed by atoms with Crippen molar-refractivity contribution in [2.75, 3.05) is 5.43 Å². The molecule has 0 saturated heterocycles. The average molecular weight is 214 g/mol. The molecule has 2 aromatic carbocycles. The zero-order valence-corrected chi connectivity index (χ0v) is 8.80. The third kappa shape index (κ3) is 2.05. The molecule has 0 bridgehead atoms. The van der Waals surface area contributed by atoms with E-state index in [1.165, 1.54) is 0 Å². The van der Waals surface area contributed by atoms with Crippen molar-refractivity contribution in [2.24, 2.45) is 5.84 Å². The molecule has 2 rings (SSSR count). The molecule has 16 heavy (non-hydrogen) atoms. The Morgan fingerprint density at radius 1 is 0.938 bits per heavy atom. The quantitative estimate of drug-likeness (QED) is 0.541. The van der Waals surface area contributed by atoms with Gasteiger partial charge >= 0.3 is 0 Å². The SMILES string of the molecule is NNc1ccccc1C(O)c1ccccc1. The lowest BCUT2D eigenvalue weighted by Gasteiger charge is -2.15. The van der Waals surface area contributed by atoms with Crippen molar-refractivity contribution in [3.05, 3.63) is 65.7 Å². The molecule has 1 atom stereocenters. The fourth-order valence-electron chi connectivity index (χ4n) is 1.68. The molecule has 3 nitrogen and oxygen atoms in total. The van der Waals surface area contributed by atoms with Gasteiger partial charge in [0.15, 0.2) is 0 Å². The Morgan fingerprint density at radius 3 is 2.25 bits per heavy atom. The van der Waals surface area contributed by atoms with Crippen LogP contribution in [0.3, 0.4) is 0 Å². The number of hydrogen-bond acceptors (Lipinski definition) is 3. The lowest BCUT2D eigenvalue weighted by molar-refractivity contribution is 0.221.